The van der Waals surface area contributed by atoms with E-state index in [1.807, 2.05) is 54.6 Å². The van der Waals surface area contributed by atoms with Crippen molar-refractivity contribution in [3.8, 4) is 0 Å². The van der Waals surface area contributed by atoms with Gasteiger partial charge in [-0.05, 0) is 34.1 Å². The van der Waals surface area contributed by atoms with Crippen molar-refractivity contribution >= 4 is 49.3 Å². The van der Waals surface area contributed by atoms with E-state index in [1.165, 1.54) is 0 Å². The highest BCUT2D eigenvalue weighted by molar-refractivity contribution is 9.10. The summed E-state index contributed by atoms with van der Waals surface area (Å²) in [4.78, 5) is 20.0. The second-order valence-corrected chi connectivity index (χ2v) is 6.02. The summed E-state index contributed by atoms with van der Waals surface area (Å²) in [5.74, 6) is -0.204. The number of anilines is 1. The molecule has 0 aliphatic heterocycles. The number of hydrogen-bond acceptors (Lipinski definition) is 2. The van der Waals surface area contributed by atoms with E-state index >= 15 is 0 Å². The van der Waals surface area contributed by atoms with E-state index in [0.717, 1.165) is 26.3 Å². The molecule has 0 unspecified atom stereocenters. The number of carbonyl (C=O) groups is 1. The van der Waals surface area contributed by atoms with Crippen molar-refractivity contribution in [2.45, 2.75) is 0 Å². The van der Waals surface area contributed by atoms with Crippen molar-refractivity contribution in [2.24, 2.45) is 0 Å². The van der Waals surface area contributed by atoms with Gasteiger partial charge < -0.3 is 10.3 Å². The molecule has 0 aliphatic rings. The quantitative estimate of drug-likeness (QED) is 0.539. The Morgan fingerprint density at radius 2 is 1.87 bits per heavy atom. The van der Waals surface area contributed by atoms with Crippen LogP contribution in [0.25, 0.3) is 21.8 Å². The van der Waals surface area contributed by atoms with E-state index in [9.17, 15) is 4.79 Å². The number of para-hydroxylation sites is 2. The second kappa shape index (κ2) is 5.52. The molecule has 5 heteroatoms. The number of aromatic nitrogens is 2. The predicted molar refractivity (Wildman–Crippen MR) is 95.7 cm³/mol. The summed E-state index contributed by atoms with van der Waals surface area (Å²) in [5, 5.41) is 4.86. The number of aromatic amines is 1. The Morgan fingerprint density at radius 1 is 1.09 bits per heavy atom. The lowest BCUT2D eigenvalue weighted by atomic mass is 10.2. The SMILES string of the molecule is O=C(Nc1cnc2ccccc2c1)c1[nH]c2ccccc2c1Br. The van der Waals surface area contributed by atoms with Crippen molar-refractivity contribution in [1.82, 2.24) is 9.97 Å². The Balaban J connectivity index is 1.69. The molecule has 0 saturated heterocycles. The number of halogens is 1. The highest BCUT2D eigenvalue weighted by Crippen LogP contribution is 2.28. The number of H-pyrrole nitrogens is 1. The molecule has 0 fully saturated rings. The van der Waals surface area contributed by atoms with Gasteiger partial charge in [-0.1, -0.05) is 36.4 Å². The molecule has 0 radical (unpaired) electrons. The molecular formula is C18H12BrN3O. The fourth-order valence-electron chi connectivity index (χ4n) is 2.60. The number of nitrogens with one attached hydrogen (secondary N) is 2. The molecule has 0 saturated carbocycles. The van der Waals surface area contributed by atoms with Crippen LogP contribution in [0.5, 0.6) is 0 Å². The lowest BCUT2D eigenvalue weighted by Crippen LogP contribution is -2.13. The monoisotopic (exact) mass is 365 g/mol. The van der Waals surface area contributed by atoms with Crippen LogP contribution in [-0.2, 0) is 0 Å². The van der Waals surface area contributed by atoms with Gasteiger partial charge in [-0.15, -0.1) is 0 Å². The van der Waals surface area contributed by atoms with Gasteiger partial charge in [0.2, 0.25) is 0 Å². The zero-order valence-corrected chi connectivity index (χ0v) is 13.6. The zero-order chi connectivity index (χ0) is 15.8. The Labute approximate surface area is 140 Å². The number of carbonyl (C=O) groups excluding carboxylic acids is 1. The summed E-state index contributed by atoms with van der Waals surface area (Å²) in [7, 11) is 0. The minimum absolute atomic E-state index is 0.204. The van der Waals surface area contributed by atoms with E-state index in [-0.39, 0.29) is 5.91 Å². The van der Waals surface area contributed by atoms with Crippen LogP contribution < -0.4 is 5.32 Å². The average Bonchev–Trinajstić information content (AvgIpc) is 2.92. The van der Waals surface area contributed by atoms with Gasteiger partial charge in [-0.2, -0.15) is 0 Å². The second-order valence-electron chi connectivity index (χ2n) is 5.23. The molecule has 2 aromatic carbocycles. The first kappa shape index (κ1) is 14.0. The number of benzene rings is 2. The minimum Gasteiger partial charge on any atom is -0.350 e. The van der Waals surface area contributed by atoms with Crippen LogP contribution >= 0.6 is 15.9 Å². The third-order valence-corrected chi connectivity index (χ3v) is 4.54. The van der Waals surface area contributed by atoms with Crippen molar-refractivity contribution in [1.29, 1.82) is 0 Å². The molecule has 4 rings (SSSR count). The summed E-state index contributed by atoms with van der Waals surface area (Å²) < 4.78 is 0.763. The molecule has 0 atom stereocenters. The van der Waals surface area contributed by atoms with Crippen LogP contribution in [0.4, 0.5) is 5.69 Å². The highest BCUT2D eigenvalue weighted by Gasteiger charge is 2.16. The number of amides is 1. The molecule has 1 amide bonds. The molecule has 2 heterocycles. The van der Waals surface area contributed by atoms with Crippen molar-refractivity contribution in [3.05, 3.63) is 71.0 Å². The normalized spacial score (nSPS) is 11.0. The summed E-state index contributed by atoms with van der Waals surface area (Å²) in [6.07, 6.45) is 1.66. The molecule has 4 aromatic rings. The third kappa shape index (κ3) is 2.49. The van der Waals surface area contributed by atoms with E-state index in [4.69, 9.17) is 0 Å². The molecular weight excluding hydrogens is 354 g/mol. The van der Waals surface area contributed by atoms with Crippen LogP contribution in [0, 0.1) is 0 Å². The van der Waals surface area contributed by atoms with Crippen molar-refractivity contribution < 1.29 is 4.79 Å². The average molecular weight is 366 g/mol. The van der Waals surface area contributed by atoms with Gasteiger partial charge in [0.25, 0.3) is 5.91 Å². The maximum Gasteiger partial charge on any atom is 0.273 e. The molecule has 23 heavy (non-hydrogen) atoms. The van der Waals surface area contributed by atoms with E-state index in [0.29, 0.717) is 11.4 Å². The number of rotatable bonds is 2. The van der Waals surface area contributed by atoms with Gasteiger partial charge in [0.15, 0.2) is 0 Å². The lowest BCUT2D eigenvalue weighted by Gasteiger charge is -2.05. The standard InChI is InChI=1S/C18H12BrN3O/c19-16-13-6-2-4-8-15(13)22-17(16)18(23)21-12-9-11-5-1-3-7-14(11)20-10-12/h1-10,22H,(H,21,23). The van der Waals surface area contributed by atoms with Gasteiger partial charge in [-0.3, -0.25) is 9.78 Å². The number of hydrogen-bond donors (Lipinski definition) is 2. The number of pyridine rings is 1. The molecule has 0 aliphatic carbocycles. The van der Waals surface area contributed by atoms with Crippen molar-refractivity contribution in [2.75, 3.05) is 5.32 Å². The number of fused-ring (bicyclic) bond motifs is 2. The van der Waals surface area contributed by atoms with Crippen LogP contribution in [0.2, 0.25) is 0 Å². The molecule has 4 nitrogen and oxygen atoms in total. The van der Waals surface area contributed by atoms with Gasteiger partial charge in [0.05, 0.1) is 21.9 Å². The first-order chi connectivity index (χ1) is 11.2. The van der Waals surface area contributed by atoms with Gasteiger partial charge in [0, 0.05) is 16.3 Å². The lowest BCUT2D eigenvalue weighted by molar-refractivity contribution is 0.102. The molecule has 112 valence electrons. The van der Waals surface area contributed by atoms with E-state index in [1.54, 1.807) is 6.20 Å². The molecule has 0 spiro atoms. The van der Waals surface area contributed by atoms with Crippen LogP contribution in [-0.4, -0.2) is 15.9 Å². The van der Waals surface area contributed by atoms with E-state index in [2.05, 4.69) is 31.2 Å². The maximum absolute atomic E-state index is 12.5. The topological polar surface area (TPSA) is 57.8 Å². The van der Waals surface area contributed by atoms with Crippen LogP contribution in [0.3, 0.4) is 0 Å². The Bertz CT molecular complexity index is 1040. The molecule has 0 bridgehead atoms. The minimum atomic E-state index is -0.204. The third-order valence-electron chi connectivity index (χ3n) is 3.72. The Hall–Kier alpha value is -2.66. The van der Waals surface area contributed by atoms with Crippen molar-refractivity contribution in [3.63, 3.8) is 0 Å². The van der Waals surface area contributed by atoms with Crippen LogP contribution in [0.15, 0.2) is 65.3 Å². The number of nitrogens with zero attached hydrogens (tertiary/aromatic N) is 1. The fraction of sp³-hybridized carbons (Fsp3) is 0. The maximum atomic E-state index is 12.5. The Kier molecular flexibility index (Phi) is 3.35. The zero-order valence-electron chi connectivity index (χ0n) is 12.0. The van der Waals surface area contributed by atoms with Gasteiger partial charge in [0.1, 0.15) is 5.69 Å². The Morgan fingerprint density at radius 3 is 2.74 bits per heavy atom. The smallest absolute Gasteiger partial charge is 0.273 e. The summed E-state index contributed by atoms with van der Waals surface area (Å²) >= 11 is 3.50. The van der Waals surface area contributed by atoms with Gasteiger partial charge in [-0.25, -0.2) is 0 Å². The van der Waals surface area contributed by atoms with E-state index < -0.39 is 0 Å². The van der Waals surface area contributed by atoms with Gasteiger partial charge >= 0.3 is 0 Å². The fourth-order valence-corrected chi connectivity index (χ4v) is 3.22. The first-order valence-electron chi connectivity index (χ1n) is 7.15. The first-order valence-corrected chi connectivity index (χ1v) is 7.94. The van der Waals surface area contributed by atoms with Crippen LogP contribution in [0.1, 0.15) is 10.5 Å². The summed E-state index contributed by atoms with van der Waals surface area (Å²) in [6, 6.07) is 17.5. The predicted octanol–water partition coefficient (Wildman–Crippen LogP) is 4.73. The largest absolute Gasteiger partial charge is 0.350 e. The molecule has 2 aromatic heterocycles. The summed E-state index contributed by atoms with van der Waals surface area (Å²) in [5.41, 5.74) is 2.98. The summed E-state index contributed by atoms with van der Waals surface area (Å²) in [6.45, 7) is 0. The molecule has 2 N–H and O–H groups in total. The highest BCUT2D eigenvalue weighted by atomic mass is 79.9.